The van der Waals surface area contributed by atoms with Crippen molar-refractivity contribution in [1.82, 2.24) is 4.98 Å². The first kappa shape index (κ1) is 12.2. The van der Waals surface area contributed by atoms with Crippen LogP contribution in [0.3, 0.4) is 0 Å². The lowest BCUT2D eigenvalue weighted by Crippen LogP contribution is -2.14. The van der Waals surface area contributed by atoms with Gasteiger partial charge in [-0.3, -0.25) is 4.98 Å². The summed E-state index contributed by atoms with van der Waals surface area (Å²) in [5.74, 6) is 0.517. The predicted molar refractivity (Wildman–Crippen MR) is 79.6 cm³/mol. The maximum absolute atomic E-state index is 4.82. The van der Waals surface area contributed by atoms with Crippen LogP contribution in [0.25, 0.3) is 0 Å². The van der Waals surface area contributed by atoms with Crippen molar-refractivity contribution in [2.75, 3.05) is 11.9 Å². The van der Waals surface area contributed by atoms with Gasteiger partial charge in [-0.25, -0.2) is 0 Å². The van der Waals surface area contributed by atoms with E-state index < -0.39 is 0 Å². The van der Waals surface area contributed by atoms with E-state index in [1.54, 1.807) is 0 Å². The summed E-state index contributed by atoms with van der Waals surface area (Å²) in [6.07, 6.45) is 3.31. The minimum absolute atomic E-state index is 0.517. The molecule has 0 spiro atoms. The predicted octanol–water partition coefficient (Wildman–Crippen LogP) is 3.79. The van der Waals surface area contributed by atoms with Gasteiger partial charge in [-0.05, 0) is 42.9 Å². The summed E-state index contributed by atoms with van der Waals surface area (Å²) in [6, 6.07) is 15.0. The molecule has 2 heterocycles. The highest BCUT2D eigenvalue weighted by molar-refractivity contribution is 5.50. The number of aromatic nitrogens is 1. The molecule has 1 aliphatic heterocycles. The molecule has 1 aliphatic rings. The summed E-state index contributed by atoms with van der Waals surface area (Å²) in [5, 5.41) is 3.41. The van der Waals surface area contributed by atoms with Crippen LogP contribution in [0.2, 0.25) is 0 Å². The third kappa shape index (κ3) is 2.78. The van der Waals surface area contributed by atoms with Crippen LogP contribution in [-0.4, -0.2) is 11.5 Å². The maximum atomic E-state index is 4.82. The monoisotopic (exact) mass is 252 g/mol. The number of aryl methyl sites for hydroxylation is 1. The SMILES string of the molecule is CC(Cc1ccc2c(n1)CCCN2)c1ccccc1. The van der Waals surface area contributed by atoms with E-state index >= 15 is 0 Å². The van der Waals surface area contributed by atoms with Crippen LogP contribution in [0.15, 0.2) is 42.5 Å². The normalized spacial score (nSPS) is 15.4. The van der Waals surface area contributed by atoms with E-state index in [1.807, 2.05) is 0 Å². The Morgan fingerprint density at radius 1 is 1.16 bits per heavy atom. The second-order valence-electron chi connectivity index (χ2n) is 5.34. The van der Waals surface area contributed by atoms with E-state index in [1.165, 1.54) is 29.1 Å². The van der Waals surface area contributed by atoms with Crippen molar-refractivity contribution in [2.45, 2.75) is 32.1 Å². The van der Waals surface area contributed by atoms with Gasteiger partial charge in [0.1, 0.15) is 0 Å². The number of benzene rings is 1. The molecule has 3 rings (SSSR count). The van der Waals surface area contributed by atoms with Crippen molar-refractivity contribution in [3.05, 3.63) is 59.4 Å². The quantitative estimate of drug-likeness (QED) is 0.899. The molecule has 0 fully saturated rings. The van der Waals surface area contributed by atoms with Gasteiger partial charge >= 0.3 is 0 Å². The summed E-state index contributed by atoms with van der Waals surface area (Å²) in [4.78, 5) is 4.82. The van der Waals surface area contributed by atoms with Crippen LogP contribution in [0.4, 0.5) is 5.69 Å². The summed E-state index contributed by atoms with van der Waals surface area (Å²) >= 11 is 0. The minimum atomic E-state index is 0.517. The zero-order chi connectivity index (χ0) is 13.1. The van der Waals surface area contributed by atoms with Crippen LogP contribution in [-0.2, 0) is 12.8 Å². The lowest BCUT2D eigenvalue weighted by atomic mass is 9.95. The topological polar surface area (TPSA) is 24.9 Å². The maximum Gasteiger partial charge on any atom is 0.0638 e. The Hall–Kier alpha value is -1.83. The van der Waals surface area contributed by atoms with E-state index in [0.29, 0.717) is 5.92 Å². The molecule has 1 atom stereocenters. The summed E-state index contributed by atoms with van der Waals surface area (Å²) in [7, 11) is 0. The molecule has 1 aromatic carbocycles. The minimum Gasteiger partial charge on any atom is -0.384 e. The lowest BCUT2D eigenvalue weighted by Gasteiger charge is -2.18. The van der Waals surface area contributed by atoms with Gasteiger partial charge in [0.2, 0.25) is 0 Å². The molecule has 0 saturated heterocycles. The number of anilines is 1. The Morgan fingerprint density at radius 3 is 2.84 bits per heavy atom. The van der Waals surface area contributed by atoms with Gasteiger partial charge in [0.15, 0.2) is 0 Å². The zero-order valence-electron chi connectivity index (χ0n) is 11.4. The first-order chi connectivity index (χ1) is 9.33. The molecule has 2 nitrogen and oxygen atoms in total. The van der Waals surface area contributed by atoms with Gasteiger partial charge in [0.05, 0.1) is 11.4 Å². The van der Waals surface area contributed by atoms with Gasteiger partial charge < -0.3 is 5.32 Å². The molecule has 19 heavy (non-hydrogen) atoms. The lowest BCUT2D eigenvalue weighted by molar-refractivity contribution is 0.724. The van der Waals surface area contributed by atoms with Crippen LogP contribution in [0.5, 0.6) is 0 Å². The average molecular weight is 252 g/mol. The molecular formula is C17H20N2. The van der Waals surface area contributed by atoms with Gasteiger partial charge in [-0.15, -0.1) is 0 Å². The van der Waals surface area contributed by atoms with Crippen molar-refractivity contribution in [3.63, 3.8) is 0 Å². The second kappa shape index (κ2) is 5.43. The highest BCUT2D eigenvalue weighted by Crippen LogP contribution is 2.23. The van der Waals surface area contributed by atoms with Crippen molar-refractivity contribution < 1.29 is 0 Å². The van der Waals surface area contributed by atoms with Gasteiger partial charge in [0, 0.05) is 12.2 Å². The van der Waals surface area contributed by atoms with Gasteiger partial charge in [-0.1, -0.05) is 37.3 Å². The summed E-state index contributed by atoms with van der Waals surface area (Å²) < 4.78 is 0. The molecule has 1 N–H and O–H groups in total. The number of hydrogen-bond acceptors (Lipinski definition) is 2. The number of fused-ring (bicyclic) bond motifs is 1. The Bertz CT molecular complexity index is 548. The standard InChI is InChI=1S/C17H20N2/c1-13(14-6-3-2-4-7-14)12-15-9-10-16-17(19-15)8-5-11-18-16/h2-4,6-7,9-10,13,18H,5,8,11-12H2,1H3. The third-order valence-electron chi connectivity index (χ3n) is 3.82. The molecule has 1 unspecified atom stereocenters. The highest BCUT2D eigenvalue weighted by Gasteiger charge is 2.12. The number of pyridine rings is 1. The van der Waals surface area contributed by atoms with Crippen LogP contribution in [0, 0.1) is 0 Å². The van der Waals surface area contributed by atoms with E-state index in [9.17, 15) is 0 Å². The van der Waals surface area contributed by atoms with E-state index in [0.717, 1.165) is 19.4 Å². The molecule has 0 radical (unpaired) electrons. The Balaban J connectivity index is 1.76. The molecule has 0 bridgehead atoms. The molecule has 98 valence electrons. The zero-order valence-corrected chi connectivity index (χ0v) is 11.4. The second-order valence-corrected chi connectivity index (χ2v) is 5.34. The fraction of sp³-hybridized carbons (Fsp3) is 0.353. The number of rotatable bonds is 3. The molecule has 0 aliphatic carbocycles. The molecular weight excluding hydrogens is 232 g/mol. The van der Waals surface area contributed by atoms with Crippen LogP contribution in [0.1, 0.15) is 36.2 Å². The highest BCUT2D eigenvalue weighted by atomic mass is 14.9. The van der Waals surface area contributed by atoms with Crippen molar-refractivity contribution in [2.24, 2.45) is 0 Å². The van der Waals surface area contributed by atoms with E-state index in [2.05, 4.69) is 54.7 Å². The van der Waals surface area contributed by atoms with E-state index in [-0.39, 0.29) is 0 Å². The van der Waals surface area contributed by atoms with Crippen LogP contribution >= 0.6 is 0 Å². The molecule has 2 aromatic rings. The van der Waals surface area contributed by atoms with Gasteiger partial charge in [0.25, 0.3) is 0 Å². The Kier molecular flexibility index (Phi) is 3.49. The number of hydrogen-bond donors (Lipinski definition) is 1. The first-order valence-electron chi connectivity index (χ1n) is 7.10. The molecule has 0 saturated carbocycles. The Labute approximate surface area is 114 Å². The van der Waals surface area contributed by atoms with Crippen molar-refractivity contribution >= 4 is 5.69 Å². The Morgan fingerprint density at radius 2 is 2.00 bits per heavy atom. The summed E-state index contributed by atoms with van der Waals surface area (Å²) in [6.45, 7) is 3.35. The van der Waals surface area contributed by atoms with Crippen LogP contribution < -0.4 is 5.32 Å². The largest absolute Gasteiger partial charge is 0.384 e. The number of nitrogens with zero attached hydrogens (tertiary/aromatic N) is 1. The molecule has 1 aromatic heterocycles. The fourth-order valence-corrected chi connectivity index (χ4v) is 2.70. The van der Waals surface area contributed by atoms with Crippen molar-refractivity contribution in [3.8, 4) is 0 Å². The number of nitrogens with one attached hydrogen (secondary N) is 1. The molecule has 0 amide bonds. The summed E-state index contributed by atoms with van der Waals surface area (Å²) in [5.41, 5.74) is 5.06. The third-order valence-corrected chi connectivity index (χ3v) is 3.82. The smallest absolute Gasteiger partial charge is 0.0638 e. The van der Waals surface area contributed by atoms with Gasteiger partial charge in [-0.2, -0.15) is 0 Å². The average Bonchev–Trinajstić information content (AvgIpc) is 2.48. The van der Waals surface area contributed by atoms with Crippen molar-refractivity contribution in [1.29, 1.82) is 0 Å². The fourth-order valence-electron chi connectivity index (χ4n) is 2.70. The first-order valence-corrected chi connectivity index (χ1v) is 7.10. The molecule has 2 heteroatoms. The van der Waals surface area contributed by atoms with E-state index in [4.69, 9.17) is 4.98 Å².